The smallest absolute Gasteiger partial charge is 0.329 e. The number of hydrogen-bond donors (Lipinski definition) is 2. The lowest BCUT2D eigenvalue weighted by Gasteiger charge is -2.07. The van der Waals surface area contributed by atoms with Gasteiger partial charge in [-0.15, -0.1) is 0 Å². The van der Waals surface area contributed by atoms with E-state index in [0.29, 0.717) is 18.0 Å². The molecule has 0 aliphatic heterocycles. The van der Waals surface area contributed by atoms with Gasteiger partial charge in [-0.2, -0.15) is 5.10 Å². The van der Waals surface area contributed by atoms with E-state index in [1.807, 2.05) is 31.2 Å². The summed E-state index contributed by atoms with van der Waals surface area (Å²) < 4.78 is 18.6. The van der Waals surface area contributed by atoms with Crippen LogP contribution < -0.4 is 15.5 Å². The van der Waals surface area contributed by atoms with Gasteiger partial charge in [-0.1, -0.05) is 29.8 Å². The number of carbonyl (C=O) groups is 2. The number of nitrogens with one attached hydrogen (secondary N) is 2. The van der Waals surface area contributed by atoms with E-state index in [1.54, 1.807) is 24.3 Å². The third-order valence-corrected chi connectivity index (χ3v) is 4.09. The van der Waals surface area contributed by atoms with E-state index < -0.39 is 17.6 Å². The molecule has 152 valence electrons. The molecule has 3 aromatic rings. The maximum absolute atomic E-state index is 12.9. The molecule has 6 nitrogen and oxygen atoms in total. The summed E-state index contributed by atoms with van der Waals surface area (Å²) in [6.07, 6.45) is 1.41. The molecular formula is C23H20FN3O3. The van der Waals surface area contributed by atoms with Gasteiger partial charge in [0.1, 0.15) is 18.2 Å². The molecule has 30 heavy (non-hydrogen) atoms. The van der Waals surface area contributed by atoms with Crippen LogP contribution in [0.2, 0.25) is 0 Å². The van der Waals surface area contributed by atoms with Crippen LogP contribution >= 0.6 is 0 Å². The van der Waals surface area contributed by atoms with Crippen LogP contribution in [0.25, 0.3) is 0 Å². The molecule has 0 fully saturated rings. The van der Waals surface area contributed by atoms with Crippen molar-refractivity contribution in [2.24, 2.45) is 5.10 Å². The van der Waals surface area contributed by atoms with Gasteiger partial charge in [-0.25, -0.2) is 9.82 Å². The molecule has 7 heteroatoms. The highest BCUT2D eigenvalue weighted by Crippen LogP contribution is 2.14. The topological polar surface area (TPSA) is 79.8 Å². The first kappa shape index (κ1) is 20.7. The van der Waals surface area contributed by atoms with Gasteiger partial charge in [0.2, 0.25) is 0 Å². The molecule has 0 spiro atoms. The summed E-state index contributed by atoms with van der Waals surface area (Å²) in [6.45, 7) is 2.50. The summed E-state index contributed by atoms with van der Waals surface area (Å²) in [5.41, 5.74) is 5.44. The van der Waals surface area contributed by atoms with Crippen LogP contribution in [-0.4, -0.2) is 18.0 Å². The first-order valence-corrected chi connectivity index (χ1v) is 9.18. The molecule has 0 saturated heterocycles. The number of amides is 2. The molecule has 3 rings (SSSR count). The molecule has 0 unspecified atom stereocenters. The van der Waals surface area contributed by atoms with Crippen LogP contribution in [0, 0.1) is 12.7 Å². The van der Waals surface area contributed by atoms with E-state index in [1.165, 1.54) is 36.0 Å². The molecule has 0 aliphatic rings. The minimum Gasteiger partial charge on any atom is -0.489 e. The predicted octanol–water partition coefficient (Wildman–Crippen LogP) is 3.80. The molecule has 0 heterocycles. The number of hydrogen-bond acceptors (Lipinski definition) is 4. The van der Waals surface area contributed by atoms with E-state index in [2.05, 4.69) is 15.8 Å². The van der Waals surface area contributed by atoms with Gasteiger partial charge in [0.15, 0.2) is 0 Å². The van der Waals surface area contributed by atoms with Gasteiger partial charge in [0.05, 0.1) is 6.21 Å². The molecule has 0 saturated carbocycles. The first-order valence-electron chi connectivity index (χ1n) is 9.18. The number of benzene rings is 3. The molecule has 0 bridgehead atoms. The first-order chi connectivity index (χ1) is 14.5. The normalized spacial score (nSPS) is 10.6. The van der Waals surface area contributed by atoms with Crippen LogP contribution in [0.5, 0.6) is 5.75 Å². The summed E-state index contributed by atoms with van der Waals surface area (Å²) in [4.78, 5) is 23.6. The average Bonchev–Trinajstić information content (AvgIpc) is 2.76. The van der Waals surface area contributed by atoms with Crippen molar-refractivity contribution in [1.29, 1.82) is 0 Å². The number of halogens is 1. The number of rotatable bonds is 6. The fraction of sp³-hybridized carbons (Fsp3) is 0.0870. The maximum Gasteiger partial charge on any atom is 0.329 e. The number of anilines is 1. The summed E-state index contributed by atoms with van der Waals surface area (Å²) in [7, 11) is 0. The third kappa shape index (κ3) is 6.27. The van der Waals surface area contributed by atoms with Gasteiger partial charge >= 0.3 is 11.8 Å². The molecule has 2 amide bonds. The monoisotopic (exact) mass is 405 g/mol. The van der Waals surface area contributed by atoms with E-state index >= 15 is 0 Å². The van der Waals surface area contributed by atoms with Gasteiger partial charge in [-0.3, -0.25) is 9.59 Å². The number of hydrazone groups is 1. The number of nitrogens with zero attached hydrogens (tertiary/aromatic N) is 1. The summed E-state index contributed by atoms with van der Waals surface area (Å²) in [6, 6.07) is 20.3. The number of aryl methyl sites for hydroxylation is 1. The second-order valence-corrected chi connectivity index (χ2v) is 6.50. The maximum atomic E-state index is 12.9. The van der Waals surface area contributed by atoms with Gasteiger partial charge in [-0.05, 0) is 66.6 Å². The zero-order valence-corrected chi connectivity index (χ0v) is 16.3. The van der Waals surface area contributed by atoms with Crippen molar-refractivity contribution in [3.63, 3.8) is 0 Å². The lowest BCUT2D eigenvalue weighted by molar-refractivity contribution is -0.136. The molecule has 0 radical (unpaired) electrons. The largest absolute Gasteiger partial charge is 0.489 e. The van der Waals surface area contributed by atoms with Gasteiger partial charge < -0.3 is 10.1 Å². The van der Waals surface area contributed by atoms with Crippen LogP contribution in [0.1, 0.15) is 16.7 Å². The van der Waals surface area contributed by atoms with Crippen LogP contribution in [0.4, 0.5) is 10.1 Å². The zero-order valence-electron chi connectivity index (χ0n) is 16.3. The summed E-state index contributed by atoms with van der Waals surface area (Å²) in [5.74, 6) is -1.57. The van der Waals surface area contributed by atoms with Gasteiger partial charge in [0.25, 0.3) is 0 Å². The highest BCUT2D eigenvalue weighted by atomic mass is 19.1. The van der Waals surface area contributed by atoms with E-state index in [-0.39, 0.29) is 0 Å². The zero-order chi connectivity index (χ0) is 21.3. The molecule has 2 N–H and O–H groups in total. The molecular weight excluding hydrogens is 385 g/mol. The Morgan fingerprint density at radius 2 is 1.60 bits per heavy atom. The predicted molar refractivity (Wildman–Crippen MR) is 113 cm³/mol. The Labute approximate surface area is 173 Å². The van der Waals surface area contributed by atoms with Crippen molar-refractivity contribution in [3.8, 4) is 5.75 Å². The lowest BCUT2D eigenvalue weighted by Crippen LogP contribution is -2.32. The fourth-order valence-corrected chi connectivity index (χ4v) is 2.44. The van der Waals surface area contributed by atoms with Crippen LogP contribution in [-0.2, 0) is 16.2 Å². The molecule has 3 aromatic carbocycles. The fourth-order valence-electron chi connectivity index (χ4n) is 2.44. The van der Waals surface area contributed by atoms with Crippen molar-refractivity contribution < 1.29 is 18.7 Å². The van der Waals surface area contributed by atoms with E-state index in [0.717, 1.165) is 11.1 Å². The van der Waals surface area contributed by atoms with Gasteiger partial charge in [0, 0.05) is 5.69 Å². The molecule has 0 aromatic heterocycles. The second-order valence-electron chi connectivity index (χ2n) is 6.50. The van der Waals surface area contributed by atoms with Crippen molar-refractivity contribution >= 4 is 23.7 Å². The Bertz CT molecular complexity index is 1030. The van der Waals surface area contributed by atoms with Crippen molar-refractivity contribution in [3.05, 3.63) is 95.3 Å². The quantitative estimate of drug-likeness (QED) is 0.372. The summed E-state index contributed by atoms with van der Waals surface area (Å²) >= 11 is 0. The lowest BCUT2D eigenvalue weighted by atomic mass is 10.2. The Kier molecular flexibility index (Phi) is 6.89. The van der Waals surface area contributed by atoms with Crippen LogP contribution in [0.15, 0.2) is 77.9 Å². The Morgan fingerprint density at radius 1 is 0.933 bits per heavy atom. The summed E-state index contributed by atoms with van der Waals surface area (Å²) in [5, 5.41) is 6.11. The highest BCUT2D eigenvalue weighted by molar-refractivity contribution is 6.39. The minimum atomic E-state index is -0.936. The molecule has 0 atom stereocenters. The number of ether oxygens (including phenoxy) is 1. The minimum absolute atomic E-state index is 0.307. The SMILES string of the molecule is Cc1ccc(COc2ccc(/C=N/NC(=O)C(=O)Nc3ccc(F)cc3)cc2)cc1. The van der Waals surface area contributed by atoms with E-state index in [4.69, 9.17) is 4.74 Å². The Morgan fingerprint density at radius 3 is 2.27 bits per heavy atom. The Hall–Kier alpha value is -4.00. The Balaban J connectivity index is 1.46. The number of carbonyl (C=O) groups excluding carboxylic acids is 2. The van der Waals surface area contributed by atoms with Crippen molar-refractivity contribution in [2.75, 3.05) is 5.32 Å². The van der Waals surface area contributed by atoms with Crippen LogP contribution in [0.3, 0.4) is 0 Å². The second kappa shape index (κ2) is 9.97. The van der Waals surface area contributed by atoms with E-state index in [9.17, 15) is 14.0 Å². The highest BCUT2D eigenvalue weighted by Gasteiger charge is 2.12. The van der Waals surface area contributed by atoms with Crippen molar-refractivity contribution in [2.45, 2.75) is 13.5 Å². The standard InChI is InChI=1S/C23H20FN3O3/c1-16-2-4-18(5-3-16)15-30-21-12-6-17(7-13-21)14-25-27-23(29)22(28)26-20-10-8-19(24)9-11-20/h2-14H,15H2,1H3,(H,26,28)(H,27,29)/b25-14+. The average molecular weight is 405 g/mol. The third-order valence-electron chi connectivity index (χ3n) is 4.09. The van der Waals surface area contributed by atoms with Crippen molar-refractivity contribution in [1.82, 2.24) is 5.43 Å². The molecule has 0 aliphatic carbocycles.